The number of hydrogen-bond acceptors (Lipinski definition) is 9. The van der Waals surface area contributed by atoms with Crippen LogP contribution in [0.3, 0.4) is 0 Å². The number of carbonyl (C=O) groups excluding carboxylic acids is 2. The molecule has 7 aromatic rings. The summed E-state index contributed by atoms with van der Waals surface area (Å²) in [5.74, 6) is -0.616. The third-order valence-electron chi connectivity index (χ3n) is 15.6. The Labute approximate surface area is 464 Å². The van der Waals surface area contributed by atoms with Gasteiger partial charge in [-0.1, -0.05) is 161 Å². The Morgan fingerprint density at radius 3 is 1.46 bits per heavy atom. The number of anilines is 1. The summed E-state index contributed by atoms with van der Waals surface area (Å²) in [7, 11) is 0. The number of amides is 1. The van der Waals surface area contributed by atoms with E-state index in [2.05, 4.69) is 81.7 Å². The minimum absolute atomic E-state index is 0.00218. The van der Waals surface area contributed by atoms with Crippen LogP contribution in [0.5, 0.6) is 0 Å². The van der Waals surface area contributed by atoms with Gasteiger partial charge in [0.05, 0.1) is 41.0 Å². The molecule has 0 atom stereocenters. The summed E-state index contributed by atoms with van der Waals surface area (Å²) in [6.45, 7) is 18.4. The number of aliphatic hydroxyl groups is 1. The van der Waals surface area contributed by atoms with E-state index in [0.29, 0.717) is 58.8 Å². The highest BCUT2D eigenvalue weighted by atomic mass is 79.9. The molecule has 78 heavy (non-hydrogen) atoms. The maximum absolute atomic E-state index is 12.7. The molecule has 15 heteroatoms. The summed E-state index contributed by atoms with van der Waals surface area (Å²) < 4.78 is 17.6. The molecule has 0 fully saturated rings. The molecule has 4 aliphatic rings. The second-order valence-corrected chi connectivity index (χ2v) is 23.3. The number of nitrogens with zero attached hydrogens (tertiary/aromatic N) is 5. The van der Waals surface area contributed by atoms with Gasteiger partial charge < -0.3 is 37.7 Å². The maximum Gasteiger partial charge on any atom is 0.316 e. The molecule has 11 rings (SSSR count). The second-order valence-electron chi connectivity index (χ2n) is 22.5. The van der Waals surface area contributed by atoms with Gasteiger partial charge in [0, 0.05) is 64.3 Å². The number of alkyl halides is 1. The molecule has 0 bridgehead atoms. The second kappa shape index (κ2) is 25.1. The summed E-state index contributed by atoms with van der Waals surface area (Å²) in [5, 5.41) is 10.0. The Hall–Kier alpha value is -6.52. The summed E-state index contributed by atoms with van der Waals surface area (Å²) in [6.07, 6.45) is 5.09. The summed E-state index contributed by atoms with van der Waals surface area (Å²) >= 11 is 3.36. The number of benzene rings is 5. The minimum Gasteiger partial charge on any atom is -0.396 e. The fourth-order valence-electron chi connectivity index (χ4n) is 11.0. The SMILES string of the molecule is BrCCCOCc1ccccc1.CC1(C)CCN2C(=O)C(=O)Cc3cccc1c32.CC1(C)CCn2c(=O)c(=O)n(CCCO)c3cccc1c32.CC1(C)CCn2c(=O)c(=O)n(CCCOCc3ccccc3)c3cccc1c32. The molecule has 0 aliphatic carbocycles. The third-order valence-corrected chi connectivity index (χ3v) is 16.2. The molecule has 1 amide bonds. The van der Waals surface area contributed by atoms with Crippen LogP contribution in [0.25, 0.3) is 22.1 Å². The van der Waals surface area contributed by atoms with Crippen LogP contribution in [0.1, 0.15) is 113 Å². The predicted octanol–water partition coefficient (Wildman–Crippen LogP) is 9.49. The molecule has 412 valence electrons. The molecular formula is C63H74BrN5O9. The van der Waals surface area contributed by atoms with Crippen molar-refractivity contribution in [2.45, 2.75) is 142 Å². The van der Waals surface area contributed by atoms with Gasteiger partial charge in [-0.25, -0.2) is 0 Å². The molecule has 14 nitrogen and oxygen atoms in total. The standard InChI is InChI=1S/C23H26N2O3.C16H20N2O3.C14H15NO2.C10H13BrO/c1-23(2)12-14-25-20-18(23)10-6-11-19(20)24(21(26)22(25)27)13-7-15-28-16-17-8-4-3-5-9-17;1-16(2)7-9-18-13-11(16)5-3-6-12(13)17(8-4-10-19)14(20)15(18)21;1-14(2)6-7-15-12-9(4-3-5-10(12)14)8-11(16)13(15)17;11-7-4-8-12-9-10-5-2-1-3-6-10/h3-6,8-11H,7,12-16H2,1-2H3;3,5-6,19H,4,7-10H2,1-2H3;3-5H,6-8H2,1-2H3;1-3,5-6H,4,7-9H2. The van der Waals surface area contributed by atoms with Crippen LogP contribution in [0.15, 0.2) is 134 Å². The first-order chi connectivity index (χ1) is 37.4. The van der Waals surface area contributed by atoms with E-state index in [1.165, 1.54) is 15.7 Å². The number of rotatable bonds is 14. The van der Waals surface area contributed by atoms with Crippen molar-refractivity contribution < 1.29 is 24.2 Å². The zero-order chi connectivity index (χ0) is 55.8. The van der Waals surface area contributed by atoms with Gasteiger partial charge in [-0.2, -0.15) is 0 Å². The van der Waals surface area contributed by atoms with E-state index in [1.54, 1.807) is 18.6 Å². The fourth-order valence-corrected chi connectivity index (χ4v) is 11.3. The molecule has 2 aromatic heterocycles. The predicted molar refractivity (Wildman–Crippen MR) is 312 cm³/mol. The van der Waals surface area contributed by atoms with E-state index in [9.17, 15) is 28.8 Å². The summed E-state index contributed by atoms with van der Waals surface area (Å²) in [4.78, 5) is 75.3. The molecule has 0 saturated heterocycles. The molecule has 0 radical (unpaired) electrons. The van der Waals surface area contributed by atoms with E-state index in [-0.39, 0.29) is 41.0 Å². The van der Waals surface area contributed by atoms with Crippen LogP contribution in [0, 0.1) is 0 Å². The van der Waals surface area contributed by atoms with E-state index >= 15 is 0 Å². The third kappa shape index (κ3) is 12.5. The van der Waals surface area contributed by atoms with Gasteiger partial charge in [0.15, 0.2) is 0 Å². The zero-order valence-electron chi connectivity index (χ0n) is 46.0. The molecule has 1 N–H and O–H groups in total. The first-order valence-electron chi connectivity index (χ1n) is 27.3. The average Bonchev–Trinajstić information content (AvgIpc) is 3.44. The molecule has 0 spiro atoms. The summed E-state index contributed by atoms with van der Waals surface area (Å²) in [6, 6.07) is 38.1. The normalized spacial score (nSPS) is 16.0. The molecule has 0 unspecified atom stereocenters. The Morgan fingerprint density at radius 2 is 0.962 bits per heavy atom. The van der Waals surface area contributed by atoms with Crippen molar-refractivity contribution in [3.63, 3.8) is 0 Å². The Morgan fingerprint density at radius 1 is 0.513 bits per heavy atom. The molecule has 4 aliphatic heterocycles. The van der Waals surface area contributed by atoms with Crippen LogP contribution >= 0.6 is 15.9 Å². The van der Waals surface area contributed by atoms with Crippen LogP contribution in [0.2, 0.25) is 0 Å². The number of aromatic nitrogens is 4. The highest BCUT2D eigenvalue weighted by Gasteiger charge is 2.40. The minimum atomic E-state index is -0.493. The van der Waals surface area contributed by atoms with Crippen molar-refractivity contribution in [2.75, 3.05) is 36.6 Å². The van der Waals surface area contributed by atoms with Gasteiger partial charge in [-0.15, -0.1) is 0 Å². The number of carbonyl (C=O) groups is 2. The van der Waals surface area contributed by atoms with E-state index < -0.39 is 22.2 Å². The average molecular weight is 1130 g/mol. The van der Waals surface area contributed by atoms with Crippen LogP contribution in [-0.2, 0) is 81.1 Å². The van der Waals surface area contributed by atoms with Gasteiger partial charge >= 0.3 is 22.2 Å². The molecule has 0 saturated carbocycles. The number of para-hydroxylation sites is 3. The van der Waals surface area contributed by atoms with Gasteiger partial charge in [0.1, 0.15) is 0 Å². The molecular weight excluding hydrogens is 1050 g/mol. The lowest BCUT2D eigenvalue weighted by Crippen LogP contribution is -2.47. The molecule has 5 aromatic carbocycles. The van der Waals surface area contributed by atoms with Crippen LogP contribution < -0.4 is 27.1 Å². The van der Waals surface area contributed by atoms with Crippen LogP contribution in [-0.4, -0.2) is 66.8 Å². The Bertz CT molecular complexity index is 3520. The fraction of sp³-hybridized carbons (Fsp3) is 0.429. The number of aliphatic hydroxyl groups excluding tert-OH is 1. The number of Topliss-reactive ketones (excluding diaryl/α,β-unsaturated/α-hetero) is 1. The van der Waals surface area contributed by atoms with Gasteiger partial charge in [0.25, 0.3) is 5.91 Å². The maximum atomic E-state index is 12.7. The lowest BCUT2D eigenvalue weighted by atomic mass is 9.75. The van der Waals surface area contributed by atoms with E-state index in [4.69, 9.17) is 14.6 Å². The van der Waals surface area contributed by atoms with Gasteiger partial charge in [-0.3, -0.25) is 28.8 Å². The summed E-state index contributed by atoms with van der Waals surface area (Å²) in [5.41, 5.74) is 9.50. The van der Waals surface area contributed by atoms with Crippen molar-refractivity contribution in [2.24, 2.45) is 0 Å². The number of ketones is 1. The van der Waals surface area contributed by atoms with Crippen molar-refractivity contribution in [1.29, 1.82) is 0 Å². The lowest BCUT2D eigenvalue weighted by molar-refractivity contribution is -0.136. The van der Waals surface area contributed by atoms with Crippen molar-refractivity contribution in [1.82, 2.24) is 18.3 Å². The first-order valence-corrected chi connectivity index (χ1v) is 28.4. The van der Waals surface area contributed by atoms with Crippen molar-refractivity contribution >= 4 is 55.4 Å². The smallest absolute Gasteiger partial charge is 0.316 e. The highest BCUT2D eigenvalue weighted by Crippen LogP contribution is 2.43. The van der Waals surface area contributed by atoms with Gasteiger partial charge in [-0.05, 0) is 100 Å². The zero-order valence-corrected chi connectivity index (χ0v) is 47.6. The monoisotopic (exact) mass is 1120 g/mol. The number of ether oxygens (including phenoxy) is 2. The Kier molecular flexibility index (Phi) is 18.5. The largest absolute Gasteiger partial charge is 0.396 e. The number of aryl methyl sites for hydroxylation is 4. The van der Waals surface area contributed by atoms with Crippen LogP contribution in [0.4, 0.5) is 5.69 Å². The lowest BCUT2D eigenvalue weighted by Gasteiger charge is -2.41. The van der Waals surface area contributed by atoms with Crippen molar-refractivity contribution in [3.05, 3.63) is 190 Å². The van der Waals surface area contributed by atoms with Crippen molar-refractivity contribution in [3.8, 4) is 0 Å². The van der Waals surface area contributed by atoms with E-state index in [1.807, 2.05) is 91.0 Å². The van der Waals surface area contributed by atoms with Gasteiger partial charge in [0.2, 0.25) is 5.78 Å². The quantitative estimate of drug-likeness (QED) is 0.0635. The van der Waals surface area contributed by atoms with E-state index in [0.717, 1.165) is 94.2 Å². The topological polar surface area (TPSA) is 164 Å². The highest BCUT2D eigenvalue weighted by molar-refractivity contribution is 9.09. The Balaban J connectivity index is 0.000000143. The number of halogens is 1. The first kappa shape index (κ1) is 57.6. The number of hydrogen-bond donors (Lipinski definition) is 1. The molecule has 6 heterocycles.